The van der Waals surface area contributed by atoms with Gasteiger partial charge in [-0.1, -0.05) is 17.7 Å². The quantitative estimate of drug-likeness (QED) is 0.768. The summed E-state index contributed by atoms with van der Waals surface area (Å²) >= 11 is 8.21. The Bertz CT molecular complexity index is 735. The Labute approximate surface area is 136 Å². The van der Waals surface area contributed by atoms with Crippen LogP contribution in [0, 0.1) is 3.57 Å². The summed E-state index contributed by atoms with van der Waals surface area (Å²) in [4.78, 5) is 4.27. The molecule has 0 aliphatic rings. The van der Waals surface area contributed by atoms with Gasteiger partial charge in [-0.05, 0) is 52.4 Å². The topological polar surface area (TPSA) is 59.1 Å². The van der Waals surface area contributed by atoms with Gasteiger partial charge in [0.25, 0.3) is 0 Å². The molecule has 2 aromatic rings. The van der Waals surface area contributed by atoms with Crippen LogP contribution in [0.15, 0.2) is 41.4 Å². The Morgan fingerprint density at radius 2 is 2.10 bits per heavy atom. The van der Waals surface area contributed by atoms with Crippen LogP contribution in [0.2, 0.25) is 5.02 Å². The number of anilines is 1. The van der Waals surface area contributed by atoms with Gasteiger partial charge in [0, 0.05) is 22.6 Å². The number of aromatic nitrogens is 1. The molecule has 0 aliphatic heterocycles. The van der Waals surface area contributed by atoms with Crippen molar-refractivity contribution in [2.75, 3.05) is 11.6 Å². The molecule has 1 aromatic heterocycles. The molecule has 0 atom stereocenters. The maximum absolute atomic E-state index is 11.7. The van der Waals surface area contributed by atoms with Gasteiger partial charge in [0.15, 0.2) is 9.84 Å². The molecule has 1 heterocycles. The van der Waals surface area contributed by atoms with E-state index in [1.807, 2.05) is 18.2 Å². The van der Waals surface area contributed by atoms with E-state index in [4.69, 9.17) is 11.6 Å². The van der Waals surface area contributed by atoms with Gasteiger partial charge in [-0.25, -0.2) is 13.4 Å². The van der Waals surface area contributed by atoms with E-state index in [1.165, 1.54) is 6.07 Å². The van der Waals surface area contributed by atoms with Crippen molar-refractivity contribution in [1.82, 2.24) is 4.98 Å². The molecule has 1 aromatic carbocycles. The third-order valence-corrected chi connectivity index (χ3v) is 5.31. The number of hydrogen-bond acceptors (Lipinski definition) is 4. The fourth-order valence-electron chi connectivity index (χ4n) is 1.66. The summed E-state index contributed by atoms with van der Waals surface area (Å²) < 4.78 is 24.3. The van der Waals surface area contributed by atoms with E-state index < -0.39 is 9.84 Å². The second kappa shape index (κ2) is 6.28. The van der Waals surface area contributed by atoms with Crippen LogP contribution in [0.25, 0.3) is 0 Å². The summed E-state index contributed by atoms with van der Waals surface area (Å²) in [6.45, 7) is 0.455. The zero-order valence-corrected chi connectivity index (χ0v) is 14.3. The number of sulfone groups is 1. The van der Waals surface area contributed by atoms with E-state index >= 15 is 0 Å². The van der Waals surface area contributed by atoms with Crippen LogP contribution in [0.4, 0.5) is 5.82 Å². The van der Waals surface area contributed by atoms with Crippen LogP contribution in [0.3, 0.4) is 0 Å². The molecule has 0 unspecified atom stereocenters. The summed E-state index contributed by atoms with van der Waals surface area (Å²) in [6, 6.07) is 8.83. The van der Waals surface area contributed by atoms with Crippen molar-refractivity contribution in [3.63, 3.8) is 0 Å². The van der Waals surface area contributed by atoms with Gasteiger partial charge >= 0.3 is 0 Å². The SMILES string of the molecule is CS(=O)(=O)c1cccnc1NCc1ccc(I)c(Cl)c1. The Morgan fingerprint density at radius 3 is 2.75 bits per heavy atom. The highest BCUT2D eigenvalue weighted by molar-refractivity contribution is 14.1. The Morgan fingerprint density at radius 1 is 1.35 bits per heavy atom. The normalized spacial score (nSPS) is 11.3. The van der Waals surface area contributed by atoms with Crippen molar-refractivity contribution in [3.05, 3.63) is 50.7 Å². The lowest BCUT2D eigenvalue weighted by Gasteiger charge is -2.10. The van der Waals surface area contributed by atoms with E-state index in [-0.39, 0.29) is 4.90 Å². The van der Waals surface area contributed by atoms with Crippen molar-refractivity contribution >= 4 is 49.8 Å². The van der Waals surface area contributed by atoms with Gasteiger partial charge in [0.05, 0.1) is 5.02 Å². The molecule has 7 heteroatoms. The molecule has 106 valence electrons. The molecule has 0 radical (unpaired) electrons. The van der Waals surface area contributed by atoms with Crippen molar-refractivity contribution in [2.24, 2.45) is 0 Å². The Kier molecular flexibility index (Phi) is 4.87. The molecule has 0 spiro atoms. The summed E-state index contributed by atoms with van der Waals surface area (Å²) in [5, 5.41) is 3.71. The molecule has 0 fully saturated rings. The lowest BCUT2D eigenvalue weighted by Crippen LogP contribution is -2.07. The minimum atomic E-state index is -3.31. The smallest absolute Gasteiger partial charge is 0.179 e. The van der Waals surface area contributed by atoms with Gasteiger partial charge < -0.3 is 5.32 Å². The summed E-state index contributed by atoms with van der Waals surface area (Å²) in [5.74, 6) is 0.352. The predicted molar refractivity (Wildman–Crippen MR) is 88.8 cm³/mol. The molecule has 0 bridgehead atoms. The second-order valence-corrected chi connectivity index (χ2v) is 7.78. The molecule has 4 nitrogen and oxygen atoms in total. The van der Waals surface area contributed by atoms with Crippen LogP contribution >= 0.6 is 34.2 Å². The second-order valence-electron chi connectivity index (χ2n) is 4.22. The molecule has 0 saturated heterocycles. The minimum Gasteiger partial charge on any atom is -0.365 e. The third kappa shape index (κ3) is 3.83. The monoisotopic (exact) mass is 422 g/mol. The molecule has 0 aliphatic carbocycles. The van der Waals surface area contributed by atoms with E-state index in [0.717, 1.165) is 15.4 Å². The highest BCUT2D eigenvalue weighted by atomic mass is 127. The maximum Gasteiger partial charge on any atom is 0.179 e. The van der Waals surface area contributed by atoms with Crippen LogP contribution in [0.1, 0.15) is 5.56 Å². The standard InChI is InChI=1S/C13H12ClIN2O2S/c1-20(18,19)12-3-2-6-16-13(12)17-8-9-4-5-11(15)10(14)7-9/h2-7H,8H2,1H3,(H,16,17). The van der Waals surface area contributed by atoms with Crippen LogP contribution in [0.5, 0.6) is 0 Å². The predicted octanol–water partition coefficient (Wildman–Crippen LogP) is 3.36. The number of nitrogens with one attached hydrogen (secondary N) is 1. The van der Waals surface area contributed by atoms with Crippen molar-refractivity contribution in [2.45, 2.75) is 11.4 Å². The number of halogens is 2. The molecule has 0 amide bonds. The lowest BCUT2D eigenvalue weighted by molar-refractivity contribution is 0.601. The first-order valence-corrected chi connectivity index (χ1v) is 9.05. The highest BCUT2D eigenvalue weighted by Gasteiger charge is 2.13. The highest BCUT2D eigenvalue weighted by Crippen LogP contribution is 2.22. The van der Waals surface area contributed by atoms with Gasteiger partial charge in [-0.15, -0.1) is 0 Å². The number of nitrogens with zero attached hydrogens (tertiary/aromatic N) is 1. The van der Waals surface area contributed by atoms with E-state index in [1.54, 1.807) is 12.3 Å². The first kappa shape index (κ1) is 15.5. The van der Waals surface area contributed by atoms with Crippen molar-refractivity contribution < 1.29 is 8.42 Å². The molecule has 2 rings (SSSR count). The van der Waals surface area contributed by atoms with Crippen LogP contribution in [-0.2, 0) is 16.4 Å². The largest absolute Gasteiger partial charge is 0.365 e. The van der Waals surface area contributed by atoms with Gasteiger partial charge in [0.2, 0.25) is 0 Å². The van der Waals surface area contributed by atoms with Crippen molar-refractivity contribution in [1.29, 1.82) is 0 Å². The van der Waals surface area contributed by atoms with Crippen LogP contribution in [-0.4, -0.2) is 19.7 Å². The lowest BCUT2D eigenvalue weighted by atomic mass is 10.2. The summed E-state index contributed by atoms with van der Waals surface area (Å²) in [7, 11) is -3.31. The van der Waals surface area contributed by atoms with E-state index in [2.05, 4.69) is 32.9 Å². The minimum absolute atomic E-state index is 0.191. The summed E-state index contributed by atoms with van der Waals surface area (Å²) in [5.41, 5.74) is 0.959. The number of hydrogen-bond donors (Lipinski definition) is 1. The molecular weight excluding hydrogens is 411 g/mol. The Hall–Kier alpha value is -0.860. The van der Waals surface area contributed by atoms with E-state index in [9.17, 15) is 8.42 Å². The third-order valence-electron chi connectivity index (χ3n) is 2.61. The van der Waals surface area contributed by atoms with E-state index in [0.29, 0.717) is 17.4 Å². The fourth-order valence-corrected chi connectivity index (χ4v) is 3.00. The zero-order valence-electron chi connectivity index (χ0n) is 10.6. The zero-order chi connectivity index (χ0) is 14.8. The first-order valence-electron chi connectivity index (χ1n) is 5.71. The maximum atomic E-state index is 11.7. The van der Waals surface area contributed by atoms with Gasteiger partial charge in [-0.2, -0.15) is 0 Å². The van der Waals surface area contributed by atoms with Crippen molar-refractivity contribution in [3.8, 4) is 0 Å². The molecule has 1 N–H and O–H groups in total. The Balaban J connectivity index is 2.21. The molecular formula is C13H12ClIN2O2S. The number of pyridine rings is 1. The number of rotatable bonds is 4. The molecule has 20 heavy (non-hydrogen) atoms. The van der Waals surface area contributed by atoms with Gasteiger partial charge in [0.1, 0.15) is 10.7 Å². The fraction of sp³-hybridized carbons (Fsp3) is 0.154. The molecule has 0 saturated carbocycles. The van der Waals surface area contributed by atoms with Crippen LogP contribution < -0.4 is 5.32 Å². The summed E-state index contributed by atoms with van der Waals surface area (Å²) in [6.07, 6.45) is 2.72. The first-order chi connectivity index (χ1) is 9.38. The average molecular weight is 423 g/mol. The van der Waals surface area contributed by atoms with Gasteiger partial charge in [-0.3, -0.25) is 0 Å². The number of benzene rings is 1. The average Bonchev–Trinajstić information content (AvgIpc) is 2.39.